The van der Waals surface area contributed by atoms with Gasteiger partial charge < -0.3 is 10.1 Å². The van der Waals surface area contributed by atoms with Crippen molar-refractivity contribution in [3.05, 3.63) is 12.2 Å². The molecule has 6 heteroatoms. The number of nitrogens with one attached hydrogen (secondary N) is 1. The van der Waals surface area contributed by atoms with Crippen LogP contribution in [0, 0.1) is 0 Å². The molecule has 1 amide bonds. The molecule has 0 radical (unpaired) electrons. The van der Waals surface area contributed by atoms with Crippen LogP contribution < -0.4 is 5.32 Å². The quantitative estimate of drug-likeness (QED) is 0.322. The highest BCUT2D eigenvalue weighted by atomic mass is 32.2. The summed E-state index contributed by atoms with van der Waals surface area (Å²) in [4.78, 5) is 11.2. The van der Waals surface area contributed by atoms with Gasteiger partial charge in [0.2, 0.25) is 5.91 Å². The summed E-state index contributed by atoms with van der Waals surface area (Å²) in [6, 6.07) is 0. The third-order valence-electron chi connectivity index (χ3n) is 2.52. The summed E-state index contributed by atoms with van der Waals surface area (Å²) in [5, 5.41) is 2.78. The van der Waals surface area contributed by atoms with Crippen LogP contribution >= 0.6 is 0 Å². The van der Waals surface area contributed by atoms with Crippen molar-refractivity contribution in [3.63, 3.8) is 0 Å². The first-order valence-electron chi connectivity index (χ1n) is 6.67. The number of hydrogen-bond acceptors (Lipinski definition) is 4. The van der Waals surface area contributed by atoms with E-state index in [4.69, 9.17) is 4.74 Å². The van der Waals surface area contributed by atoms with Crippen LogP contribution in [0.4, 0.5) is 0 Å². The molecule has 0 aliphatic heterocycles. The highest BCUT2D eigenvalue weighted by molar-refractivity contribution is 7.72. The number of ether oxygens (including phenoxy) is 1. The molecule has 0 atom stereocenters. The third-order valence-corrected chi connectivity index (χ3v) is 3.20. The Kier molecular flexibility index (Phi) is 11.6. The molecule has 0 fully saturated rings. The number of carbonyl (C=O) groups is 1. The van der Waals surface area contributed by atoms with E-state index in [2.05, 4.69) is 11.9 Å². The van der Waals surface area contributed by atoms with E-state index in [-0.39, 0.29) is 11.7 Å². The maximum absolute atomic E-state index is 11.2. The van der Waals surface area contributed by atoms with Gasteiger partial charge in [0.1, 0.15) is 10.7 Å². The van der Waals surface area contributed by atoms with Crippen LogP contribution in [0.3, 0.4) is 0 Å². The maximum atomic E-state index is 11.2. The van der Waals surface area contributed by atoms with Gasteiger partial charge in [0.05, 0.1) is 0 Å². The lowest BCUT2D eigenvalue weighted by Crippen LogP contribution is -2.24. The Balaban J connectivity index is 3.15. The maximum Gasteiger partial charge on any atom is 0.246 e. The zero-order chi connectivity index (χ0) is 14.5. The molecule has 0 saturated carbocycles. The fourth-order valence-corrected chi connectivity index (χ4v) is 1.82. The average molecular weight is 291 g/mol. The summed E-state index contributed by atoms with van der Waals surface area (Å²) >= 11 is 0. The van der Waals surface area contributed by atoms with Crippen LogP contribution in [0.15, 0.2) is 12.2 Å². The summed E-state index contributed by atoms with van der Waals surface area (Å²) in [6.45, 7) is 7.12. The van der Waals surface area contributed by atoms with Crippen molar-refractivity contribution in [1.29, 1.82) is 0 Å². The van der Waals surface area contributed by atoms with Gasteiger partial charge >= 0.3 is 0 Å². The molecule has 0 heterocycles. The fraction of sp³-hybridized carbons (Fsp3) is 0.769. The first-order valence-corrected chi connectivity index (χ1v) is 8.03. The monoisotopic (exact) mass is 291 g/mol. The van der Waals surface area contributed by atoms with Gasteiger partial charge in [-0.05, 0) is 26.2 Å². The van der Waals surface area contributed by atoms with Gasteiger partial charge in [-0.3, -0.25) is 4.79 Å². The molecule has 0 rings (SSSR count). The van der Waals surface area contributed by atoms with Crippen LogP contribution in [0.1, 0.15) is 39.0 Å². The molecule has 0 aromatic carbocycles. The minimum Gasteiger partial charge on any atom is -0.381 e. The standard InChI is InChI=1S/C13H25NO4S/c1-12(2)13(15)14-8-5-3-4-6-9-18-10-7-11-19(16)17/h19H,1,3-11H2,2H3,(H,14,15). The highest BCUT2D eigenvalue weighted by Crippen LogP contribution is 2.00. The van der Waals surface area contributed by atoms with E-state index in [1.165, 1.54) is 0 Å². The van der Waals surface area contributed by atoms with Crippen molar-refractivity contribution in [2.75, 3.05) is 25.5 Å². The second-order valence-corrected chi connectivity index (χ2v) is 5.59. The van der Waals surface area contributed by atoms with Crippen molar-refractivity contribution >= 4 is 16.6 Å². The van der Waals surface area contributed by atoms with E-state index in [0.29, 0.717) is 31.8 Å². The summed E-state index contributed by atoms with van der Waals surface area (Å²) in [5.41, 5.74) is 0.535. The second kappa shape index (κ2) is 12.2. The topological polar surface area (TPSA) is 72.5 Å². The first kappa shape index (κ1) is 18.1. The van der Waals surface area contributed by atoms with Crippen molar-refractivity contribution in [2.45, 2.75) is 39.0 Å². The molecule has 0 aromatic rings. The van der Waals surface area contributed by atoms with Gasteiger partial charge in [-0.2, -0.15) is 0 Å². The predicted molar refractivity (Wildman–Crippen MR) is 76.9 cm³/mol. The van der Waals surface area contributed by atoms with Crippen molar-refractivity contribution in [3.8, 4) is 0 Å². The summed E-state index contributed by atoms with van der Waals surface area (Å²) in [5.74, 6) is 0.123. The minimum atomic E-state index is -2.27. The number of amides is 1. The van der Waals surface area contributed by atoms with E-state index in [1.54, 1.807) is 6.92 Å². The molecule has 0 unspecified atom stereocenters. The van der Waals surface area contributed by atoms with Gasteiger partial charge in [0, 0.05) is 31.1 Å². The molecular formula is C13H25NO4S. The van der Waals surface area contributed by atoms with E-state index >= 15 is 0 Å². The van der Waals surface area contributed by atoms with Crippen molar-refractivity contribution < 1.29 is 17.9 Å². The van der Waals surface area contributed by atoms with E-state index in [9.17, 15) is 13.2 Å². The average Bonchev–Trinajstić information content (AvgIpc) is 2.35. The first-order chi connectivity index (χ1) is 9.04. The Hall–Kier alpha value is -0.880. The van der Waals surface area contributed by atoms with Crippen molar-refractivity contribution in [1.82, 2.24) is 5.32 Å². The van der Waals surface area contributed by atoms with Crippen LogP contribution in [-0.4, -0.2) is 39.8 Å². The Morgan fingerprint density at radius 1 is 1.11 bits per heavy atom. The lowest BCUT2D eigenvalue weighted by molar-refractivity contribution is -0.117. The van der Waals surface area contributed by atoms with Gasteiger partial charge in [-0.1, -0.05) is 19.4 Å². The number of carbonyl (C=O) groups excluding carboxylic acids is 1. The summed E-state index contributed by atoms with van der Waals surface area (Å²) in [7, 11) is -2.27. The number of hydrogen-bond donors (Lipinski definition) is 2. The van der Waals surface area contributed by atoms with Crippen LogP contribution in [0.2, 0.25) is 0 Å². The molecular weight excluding hydrogens is 266 g/mol. The van der Waals surface area contributed by atoms with E-state index in [1.807, 2.05) is 0 Å². The number of unbranched alkanes of at least 4 members (excludes halogenated alkanes) is 3. The van der Waals surface area contributed by atoms with E-state index in [0.717, 1.165) is 25.7 Å². The molecule has 0 spiro atoms. The lowest BCUT2D eigenvalue weighted by atomic mass is 10.2. The molecule has 19 heavy (non-hydrogen) atoms. The van der Waals surface area contributed by atoms with Gasteiger partial charge in [0.15, 0.2) is 0 Å². The second-order valence-electron chi connectivity index (χ2n) is 4.47. The normalized spacial score (nSPS) is 10.6. The van der Waals surface area contributed by atoms with E-state index < -0.39 is 10.7 Å². The molecule has 0 aromatic heterocycles. The SMILES string of the molecule is C=C(C)C(=O)NCCCCCCOCCC[SH](=O)=O. The fourth-order valence-electron chi connectivity index (χ4n) is 1.43. The Morgan fingerprint density at radius 3 is 2.37 bits per heavy atom. The highest BCUT2D eigenvalue weighted by Gasteiger charge is 1.99. The Bertz CT molecular complexity index is 332. The van der Waals surface area contributed by atoms with Gasteiger partial charge in [-0.25, -0.2) is 8.42 Å². The third kappa shape index (κ3) is 13.4. The molecule has 0 saturated heterocycles. The number of thiol groups is 1. The molecule has 112 valence electrons. The zero-order valence-electron chi connectivity index (χ0n) is 11.7. The van der Waals surface area contributed by atoms with Crippen LogP contribution in [0.5, 0.6) is 0 Å². The lowest BCUT2D eigenvalue weighted by Gasteiger charge is -2.05. The van der Waals surface area contributed by atoms with Gasteiger partial charge in [-0.15, -0.1) is 0 Å². The Morgan fingerprint density at radius 2 is 1.74 bits per heavy atom. The van der Waals surface area contributed by atoms with Crippen molar-refractivity contribution in [2.24, 2.45) is 0 Å². The molecule has 0 aliphatic rings. The largest absolute Gasteiger partial charge is 0.381 e. The Labute approximate surface area is 117 Å². The molecule has 0 bridgehead atoms. The molecule has 5 nitrogen and oxygen atoms in total. The molecule has 1 N–H and O–H groups in total. The van der Waals surface area contributed by atoms with Crippen LogP contribution in [0.25, 0.3) is 0 Å². The minimum absolute atomic E-state index is 0.0833. The predicted octanol–water partition coefficient (Wildman–Crippen LogP) is 1.26. The van der Waals surface area contributed by atoms with Gasteiger partial charge in [0.25, 0.3) is 0 Å². The summed E-state index contributed by atoms with van der Waals surface area (Å²) < 4.78 is 25.9. The summed E-state index contributed by atoms with van der Waals surface area (Å²) in [6.07, 6.45) is 4.60. The number of rotatable bonds is 12. The molecule has 0 aliphatic carbocycles. The van der Waals surface area contributed by atoms with Crippen LogP contribution in [-0.2, 0) is 20.2 Å². The zero-order valence-corrected chi connectivity index (χ0v) is 12.5. The smallest absolute Gasteiger partial charge is 0.246 e.